The molecule has 1 heterocycles. The van der Waals surface area contributed by atoms with Crippen molar-refractivity contribution < 1.29 is 4.79 Å². The summed E-state index contributed by atoms with van der Waals surface area (Å²) in [5, 5.41) is 5.08. The van der Waals surface area contributed by atoms with Crippen LogP contribution in [-0.2, 0) is 0 Å². The molecule has 1 amide bonds. The minimum atomic E-state index is -0.287. The molecule has 27 heavy (non-hydrogen) atoms. The third kappa shape index (κ3) is 4.10. The lowest BCUT2D eigenvalue weighted by Crippen LogP contribution is -2.18. The Bertz CT molecular complexity index is 1040. The van der Waals surface area contributed by atoms with Gasteiger partial charge in [0.2, 0.25) is 0 Å². The summed E-state index contributed by atoms with van der Waals surface area (Å²) in [5.74, 6) is -0.287. The van der Waals surface area contributed by atoms with E-state index in [1.54, 1.807) is 30.5 Å². The van der Waals surface area contributed by atoms with E-state index in [4.69, 9.17) is 23.2 Å². The summed E-state index contributed by atoms with van der Waals surface area (Å²) in [4.78, 5) is 12.2. The van der Waals surface area contributed by atoms with Crippen LogP contribution in [0.15, 0.2) is 58.1 Å². The van der Waals surface area contributed by atoms with Gasteiger partial charge in [-0.15, -0.1) is 0 Å². The zero-order chi connectivity index (χ0) is 19.6. The van der Waals surface area contributed by atoms with E-state index in [1.807, 2.05) is 42.7 Å². The Balaban J connectivity index is 1.85. The number of nitrogens with zero attached hydrogens (tertiary/aromatic N) is 2. The molecule has 7 heteroatoms. The molecule has 3 rings (SSSR count). The first-order valence-corrected chi connectivity index (χ1v) is 9.66. The molecule has 2 aromatic carbocycles. The van der Waals surface area contributed by atoms with E-state index >= 15 is 0 Å². The largest absolute Gasteiger partial charge is 0.316 e. The summed E-state index contributed by atoms with van der Waals surface area (Å²) in [6, 6.07) is 14.7. The second kappa shape index (κ2) is 8.30. The number of carbonyl (C=O) groups excluding carboxylic acids is 1. The molecule has 3 aromatic rings. The summed E-state index contributed by atoms with van der Waals surface area (Å²) in [7, 11) is 0. The minimum absolute atomic E-state index is 0.287. The molecule has 0 saturated heterocycles. The molecule has 0 aliphatic rings. The Hall–Kier alpha value is -2.08. The number of hydrogen-bond acceptors (Lipinski definition) is 2. The normalized spacial score (nSPS) is 11.1. The molecule has 0 aliphatic carbocycles. The quantitative estimate of drug-likeness (QED) is 0.377. The highest BCUT2D eigenvalue weighted by atomic mass is 79.9. The molecule has 0 spiro atoms. The van der Waals surface area contributed by atoms with E-state index in [1.165, 1.54) is 0 Å². The Kier molecular flexibility index (Phi) is 6.05. The van der Waals surface area contributed by atoms with Crippen molar-refractivity contribution in [1.29, 1.82) is 0 Å². The number of amides is 1. The molecular formula is C20H16BrCl2N3O. The number of aryl methyl sites for hydroxylation is 1. The van der Waals surface area contributed by atoms with Gasteiger partial charge in [-0.2, -0.15) is 5.10 Å². The molecule has 0 unspecified atom stereocenters. The molecule has 4 nitrogen and oxygen atoms in total. The van der Waals surface area contributed by atoms with Gasteiger partial charge in [-0.1, -0.05) is 41.4 Å². The summed E-state index contributed by atoms with van der Waals surface area (Å²) in [5.41, 5.74) is 6.66. The van der Waals surface area contributed by atoms with E-state index in [9.17, 15) is 4.79 Å². The number of nitrogens with one attached hydrogen (secondary N) is 1. The van der Waals surface area contributed by atoms with Crippen molar-refractivity contribution in [3.05, 3.63) is 85.6 Å². The average Bonchev–Trinajstić information content (AvgIpc) is 2.91. The Morgan fingerprint density at radius 2 is 1.89 bits per heavy atom. The van der Waals surface area contributed by atoms with E-state index in [0.717, 1.165) is 22.6 Å². The van der Waals surface area contributed by atoms with Crippen LogP contribution >= 0.6 is 39.1 Å². The Morgan fingerprint density at radius 1 is 1.15 bits per heavy atom. The third-order valence-electron chi connectivity index (χ3n) is 4.13. The van der Waals surface area contributed by atoms with Crippen molar-refractivity contribution in [2.75, 3.05) is 0 Å². The van der Waals surface area contributed by atoms with Gasteiger partial charge in [0.15, 0.2) is 0 Å². The van der Waals surface area contributed by atoms with E-state index in [0.29, 0.717) is 20.1 Å². The van der Waals surface area contributed by atoms with Crippen LogP contribution in [-0.4, -0.2) is 16.7 Å². The van der Waals surface area contributed by atoms with Crippen molar-refractivity contribution in [3.8, 4) is 5.69 Å². The second-order valence-corrected chi connectivity index (χ2v) is 7.55. The molecule has 0 saturated carbocycles. The van der Waals surface area contributed by atoms with Crippen LogP contribution in [0.1, 0.15) is 27.3 Å². The number of hydrogen-bond donors (Lipinski definition) is 1. The van der Waals surface area contributed by atoms with Crippen molar-refractivity contribution in [1.82, 2.24) is 9.99 Å². The summed E-state index contributed by atoms with van der Waals surface area (Å²) in [6.07, 6.45) is 1.62. The molecule has 0 bridgehead atoms. The maximum absolute atomic E-state index is 12.2. The Morgan fingerprint density at radius 3 is 2.63 bits per heavy atom. The summed E-state index contributed by atoms with van der Waals surface area (Å²) >= 11 is 15.9. The maximum Gasteiger partial charge on any atom is 0.272 e. The predicted molar refractivity (Wildman–Crippen MR) is 114 cm³/mol. The van der Waals surface area contributed by atoms with Crippen molar-refractivity contribution >= 4 is 51.3 Å². The number of benzene rings is 2. The van der Waals surface area contributed by atoms with Gasteiger partial charge < -0.3 is 4.57 Å². The highest BCUT2D eigenvalue weighted by Gasteiger charge is 2.14. The molecular weight excluding hydrogens is 449 g/mol. The molecule has 138 valence electrons. The van der Waals surface area contributed by atoms with Gasteiger partial charge in [0.1, 0.15) is 0 Å². The SMILES string of the molecule is Cc1cc(/C=N/NC(=O)c2ccccc2Br)c(C)n1-c1cccc(Cl)c1Cl. The fourth-order valence-electron chi connectivity index (χ4n) is 2.82. The molecule has 0 fully saturated rings. The van der Waals surface area contributed by atoms with Gasteiger partial charge >= 0.3 is 0 Å². The van der Waals surface area contributed by atoms with Crippen LogP contribution < -0.4 is 5.43 Å². The lowest BCUT2D eigenvalue weighted by Gasteiger charge is -2.12. The monoisotopic (exact) mass is 463 g/mol. The van der Waals surface area contributed by atoms with Gasteiger partial charge in [0.25, 0.3) is 5.91 Å². The van der Waals surface area contributed by atoms with E-state index in [2.05, 4.69) is 26.5 Å². The average molecular weight is 465 g/mol. The lowest BCUT2D eigenvalue weighted by atomic mass is 10.2. The van der Waals surface area contributed by atoms with E-state index in [-0.39, 0.29) is 5.91 Å². The summed E-state index contributed by atoms with van der Waals surface area (Å²) in [6.45, 7) is 3.93. The Labute approximate surface area is 175 Å². The first-order chi connectivity index (χ1) is 12.9. The number of rotatable bonds is 4. The van der Waals surface area contributed by atoms with Gasteiger partial charge in [0.05, 0.1) is 27.5 Å². The summed E-state index contributed by atoms with van der Waals surface area (Å²) < 4.78 is 2.72. The molecule has 0 aliphatic heterocycles. The minimum Gasteiger partial charge on any atom is -0.316 e. The lowest BCUT2D eigenvalue weighted by molar-refractivity contribution is 0.0954. The van der Waals surface area contributed by atoms with Crippen molar-refractivity contribution in [2.45, 2.75) is 13.8 Å². The first-order valence-electron chi connectivity index (χ1n) is 8.11. The van der Waals surface area contributed by atoms with Crippen LogP contribution in [0.4, 0.5) is 0 Å². The standard InChI is InChI=1S/C20H16BrCl2N3O/c1-12-10-14(11-24-25-20(27)15-6-3-4-7-16(15)21)13(2)26(12)18-9-5-8-17(22)19(18)23/h3-11H,1-2H3,(H,25,27)/b24-11+. The highest BCUT2D eigenvalue weighted by Crippen LogP contribution is 2.31. The van der Waals surface area contributed by atoms with Crippen LogP contribution in [0, 0.1) is 13.8 Å². The second-order valence-electron chi connectivity index (χ2n) is 5.91. The van der Waals surface area contributed by atoms with Gasteiger partial charge in [-0.25, -0.2) is 5.43 Å². The fourth-order valence-corrected chi connectivity index (χ4v) is 3.67. The number of carbonyl (C=O) groups is 1. The van der Waals surface area contributed by atoms with Gasteiger partial charge in [-0.3, -0.25) is 4.79 Å². The highest BCUT2D eigenvalue weighted by molar-refractivity contribution is 9.10. The molecule has 0 atom stereocenters. The molecule has 1 aromatic heterocycles. The zero-order valence-electron chi connectivity index (χ0n) is 14.6. The van der Waals surface area contributed by atoms with Gasteiger partial charge in [0, 0.05) is 21.4 Å². The predicted octanol–water partition coefficient (Wildman–Crippen LogP) is 5.93. The zero-order valence-corrected chi connectivity index (χ0v) is 17.7. The topological polar surface area (TPSA) is 46.4 Å². The van der Waals surface area contributed by atoms with Gasteiger partial charge in [-0.05, 0) is 60.1 Å². The van der Waals surface area contributed by atoms with Crippen molar-refractivity contribution in [2.24, 2.45) is 5.10 Å². The van der Waals surface area contributed by atoms with Crippen molar-refractivity contribution in [3.63, 3.8) is 0 Å². The number of halogens is 3. The molecule has 0 radical (unpaired) electrons. The fraction of sp³-hybridized carbons (Fsp3) is 0.100. The molecule has 1 N–H and O–H groups in total. The maximum atomic E-state index is 12.2. The first kappa shape index (κ1) is 19.7. The number of aromatic nitrogens is 1. The van der Waals surface area contributed by atoms with Crippen LogP contribution in [0.25, 0.3) is 5.69 Å². The van der Waals surface area contributed by atoms with Crippen LogP contribution in [0.3, 0.4) is 0 Å². The third-order valence-corrected chi connectivity index (χ3v) is 5.63. The van der Waals surface area contributed by atoms with Crippen LogP contribution in [0.5, 0.6) is 0 Å². The van der Waals surface area contributed by atoms with Crippen LogP contribution in [0.2, 0.25) is 10.0 Å². The smallest absolute Gasteiger partial charge is 0.272 e. The van der Waals surface area contributed by atoms with E-state index < -0.39 is 0 Å². The number of hydrazone groups is 1.